The van der Waals surface area contributed by atoms with Crippen LogP contribution >= 0.6 is 0 Å². The van der Waals surface area contributed by atoms with Crippen molar-refractivity contribution in [2.75, 3.05) is 11.4 Å². The maximum Gasteiger partial charge on any atom is 0.165 e. The van der Waals surface area contributed by atoms with Crippen LogP contribution in [0.15, 0.2) is 42.5 Å². The van der Waals surface area contributed by atoms with Gasteiger partial charge in [-0.05, 0) is 43.2 Å². The first-order valence-corrected chi connectivity index (χ1v) is 8.56. The van der Waals surface area contributed by atoms with E-state index in [1.54, 1.807) is 30.3 Å². The van der Waals surface area contributed by atoms with Gasteiger partial charge in [0.05, 0.1) is 23.6 Å². The molecule has 0 aliphatic heterocycles. The minimum Gasteiger partial charge on any atom is -0.507 e. The van der Waals surface area contributed by atoms with Gasteiger partial charge in [-0.2, -0.15) is 5.26 Å². The molecule has 1 aliphatic carbocycles. The molecule has 5 nitrogen and oxygen atoms in total. The summed E-state index contributed by atoms with van der Waals surface area (Å²) in [5.41, 5.74) is 1.13. The number of rotatable bonds is 5. The monoisotopic (exact) mass is 348 g/mol. The Kier molecular flexibility index (Phi) is 4.13. The second kappa shape index (κ2) is 6.60. The molecule has 0 unspecified atom stereocenters. The molecular weight excluding hydrogens is 331 g/mol. The van der Waals surface area contributed by atoms with Crippen molar-refractivity contribution in [1.82, 2.24) is 9.97 Å². The molecular formula is C20H17FN4O. The zero-order valence-corrected chi connectivity index (χ0v) is 14.1. The Hall–Kier alpha value is -3.20. The second-order valence-electron chi connectivity index (χ2n) is 6.38. The number of benzene rings is 2. The van der Waals surface area contributed by atoms with Gasteiger partial charge in [0.25, 0.3) is 0 Å². The van der Waals surface area contributed by atoms with Gasteiger partial charge < -0.3 is 10.0 Å². The average molecular weight is 348 g/mol. The number of aromatic nitrogens is 2. The van der Waals surface area contributed by atoms with E-state index in [-0.39, 0.29) is 11.6 Å². The summed E-state index contributed by atoms with van der Waals surface area (Å²) < 4.78 is 13.9. The lowest BCUT2D eigenvalue weighted by molar-refractivity contribution is 0.477. The lowest BCUT2D eigenvalue weighted by atomic mass is 10.1. The molecule has 0 saturated heterocycles. The van der Waals surface area contributed by atoms with Crippen LogP contribution < -0.4 is 4.90 Å². The number of phenols is 1. The Bertz CT molecular complexity index is 1010. The second-order valence-corrected chi connectivity index (χ2v) is 6.38. The van der Waals surface area contributed by atoms with Gasteiger partial charge in [-0.1, -0.05) is 12.1 Å². The third-order valence-corrected chi connectivity index (χ3v) is 4.51. The van der Waals surface area contributed by atoms with Gasteiger partial charge in [0, 0.05) is 18.0 Å². The highest BCUT2D eigenvalue weighted by molar-refractivity contribution is 5.91. The molecule has 1 aliphatic rings. The Morgan fingerprint density at radius 1 is 1.19 bits per heavy atom. The zero-order valence-electron chi connectivity index (χ0n) is 14.1. The Morgan fingerprint density at radius 3 is 2.73 bits per heavy atom. The van der Waals surface area contributed by atoms with Crippen molar-refractivity contribution in [3.8, 4) is 23.2 Å². The molecule has 0 bridgehead atoms. The Morgan fingerprint density at radius 2 is 2.00 bits per heavy atom. The lowest BCUT2D eigenvalue weighted by Crippen LogP contribution is -2.28. The summed E-state index contributed by atoms with van der Waals surface area (Å²) in [6.45, 7) is 0.532. The van der Waals surface area contributed by atoms with Gasteiger partial charge in [-0.3, -0.25) is 0 Å². The predicted octanol–water partition coefficient (Wildman–Crippen LogP) is 4.02. The molecule has 1 saturated carbocycles. The molecule has 6 heteroatoms. The molecule has 0 radical (unpaired) electrons. The van der Waals surface area contributed by atoms with Gasteiger partial charge in [0.1, 0.15) is 17.4 Å². The standard InChI is InChI=1S/C20H17FN4O/c21-13-6-9-17-16(12-13)20(25(11-3-10-22)14-7-8-14)24-19(23-17)15-4-1-2-5-18(15)26/h1-2,4-6,9,12,14,26H,3,7-8,11H2. The molecule has 1 fully saturated rings. The first-order chi connectivity index (χ1) is 12.7. The largest absolute Gasteiger partial charge is 0.507 e. The number of fused-ring (bicyclic) bond motifs is 1. The highest BCUT2D eigenvalue weighted by Gasteiger charge is 2.31. The molecule has 0 spiro atoms. The van der Waals surface area contributed by atoms with Crippen LogP contribution in [0.5, 0.6) is 5.75 Å². The van der Waals surface area contributed by atoms with Crippen LogP contribution in [0.25, 0.3) is 22.3 Å². The van der Waals surface area contributed by atoms with E-state index in [4.69, 9.17) is 5.26 Å². The van der Waals surface area contributed by atoms with Crippen molar-refractivity contribution >= 4 is 16.7 Å². The number of nitriles is 1. The van der Waals surface area contributed by atoms with E-state index in [1.807, 2.05) is 0 Å². The van der Waals surface area contributed by atoms with E-state index < -0.39 is 0 Å². The van der Waals surface area contributed by atoms with E-state index in [0.29, 0.717) is 47.1 Å². The maximum absolute atomic E-state index is 13.9. The summed E-state index contributed by atoms with van der Waals surface area (Å²) >= 11 is 0. The zero-order chi connectivity index (χ0) is 18.1. The molecule has 1 aromatic heterocycles. The molecule has 2 aromatic carbocycles. The minimum atomic E-state index is -0.353. The van der Waals surface area contributed by atoms with E-state index in [2.05, 4.69) is 20.9 Å². The molecule has 26 heavy (non-hydrogen) atoms. The fourth-order valence-electron chi connectivity index (χ4n) is 3.10. The third kappa shape index (κ3) is 3.04. The first kappa shape index (κ1) is 16.3. The van der Waals surface area contributed by atoms with Crippen molar-refractivity contribution in [3.63, 3.8) is 0 Å². The Balaban J connectivity index is 1.92. The predicted molar refractivity (Wildman–Crippen MR) is 97.2 cm³/mol. The van der Waals surface area contributed by atoms with E-state index in [0.717, 1.165) is 12.8 Å². The van der Waals surface area contributed by atoms with Crippen molar-refractivity contribution < 1.29 is 9.50 Å². The van der Waals surface area contributed by atoms with Gasteiger partial charge in [-0.25, -0.2) is 14.4 Å². The Labute approximate surface area is 150 Å². The van der Waals surface area contributed by atoms with Crippen molar-refractivity contribution in [2.24, 2.45) is 0 Å². The highest BCUT2D eigenvalue weighted by Crippen LogP contribution is 2.37. The van der Waals surface area contributed by atoms with Crippen LogP contribution in [-0.4, -0.2) is 27.7 Å². The minimum absolute atomic E-state index is 0.0925. The summed E-state index contributed by atoms with van der Waals surface area (Å²) in [5, 5.41) is 19.8. The lowest BCUT2D eigenvalue weighted by Gasteiger charge is -2.24. The summed E-state index contributed by atoms with van der Waals surface area (Å²) in [7, 11) is 0. The fourth-order valence-corrected chi connectivity index (χ4v) is 3.10. The number of halogens is 1. The van der Waals surface area contributed by atoms with Gasteiger partial charge in [-0.15, -0.1) is 0 Å². The number of nitrogens with zero attached hydrogens (tertiary/aromatic N) is 4. The first-order valence-electron chi connectivity index (χ1n) is 8.56. The summed E-state index contributed by atoms with van der Waals surface area (Å²) in [5.74, 6) is 0.744. The summed E-state index contributed by atoms with van der Waals surface area (Å²) in [6.07, 6.45) is 2.42. The topological polar surface area (TPSA) is 73.0 Å². The maximum atomic E-state index is 13.9. The van der Waals surface area contributed by atoms with Gasteiger partial charge in [0.2, 0.25) is 0 Å². The SMILES string of the molecule is N#CCCN(c1nc(-c2ccccc2O)nc2ccc(F)cc12)C1CC1. The number of anilines is 1. The molecule has 130 valence electrons. The molecule has 1 N–H and O–H groups in total. The summed E-state index contributed by atoms with van der Waals surface area (Å²) in [6, 6.07) is 13.8. The number of hydrogen-bond donors (Lipinski definition) is 1. The third-order valence-electron chi connectivity index (χ3n) is 4.51. The molecule has 4 rings (SSSR count). The quantitative estimate of drug-likeness (QED) is 0.754. The molecule has 1 heterocycles. The van der Waals surface area contributed by atoms with Crippen LogP contribution in [0.3, 0.4) is 0 Å². The van der Waals surface area contributed by atoms with Crippen LogP contribution in [0.2, 0.25) is 0 Å². The van der Waals surface area contributed by atoms with E-state index in [1.165, 1.54) is 12.1 Å². The summed E-state index contributed by atoms with van der Waals surface area (Å²) in [4.78, 5) is 11.3. The molecule has 0 atom stereocenters. The molecule has 3 aromatic rings. The van der Waals surface area contributed by atoms with Crippen LogP contribution in [0.1, 0.15) is 19.3 Å². The van der Waals surface area contributed by atoms with E-state index >= 15 is 0 Å². The van der Waals surface area contributed by atoms with Crippen LogP contribution in [0.4, 0.5) is 10.2 Å². The molecule has 0 amide bonds. The highest BCUT2D eigenvalue weighted by atomic mass is 19.1. The number of aromatic hydroxyl groups is 1. The van der Waals surface area contributed by atoms with Crippen LogP contribution in [0, 0.1) is 17.1 Å². The number of para-hydroxylation sites is 1. The van der Waals surface area contributed by atoms with Crippen molar-refractivity contribution in [2.45, 2.75) is 25.3 Å². The fraction of sp³-hybridized carbons (Fsp3) is 0.250. The number of phenolic OH excluding ortho intramolecular Hbond substituents is 1. The van der Waals surface area contributed by atoms with Gasteiger partial charge in [0.15, 0.2) is 5.82 Å². The number of hydrogen-bond acceptors (Lipinski definition) is 5. The van der Waals surface area contributed by atoms with E-state index in [9.17, 15) is 9.50 Å². The van der Waals surface area contributed by atoms with Crippen LogP contribution in [-0.2, 0) is 0 Å². The smallest absolute Gasteiger partial charge is 0.165 e. The average Bonchev–Trinajstić information content (AvgIpc) is 3.47. The van der Waals surface area contributed by atoms with Crippen molar-refractivity contribution in [1.29, 1.82) is 5.26 Å². The van der Waals surface area contributed by atoms with Gasteiger partial charge >= 0.3 is 0 Å². The normalized spacial score (nSPS) is 13.5. The van der Waals surface area contributed by atoms with Crippen molar-refractivity contribution in [3.05, 3.63) is 48.3 Å².